The lowest BCUT2D eigenvalue weighted by atomic mass is 9.86. The zero-order valence-corrected chi connectivity index (χ0v) is 13.2. The van der Waals surface area contributed by atoms with E-state index in [1.807, 2.05) is 12.1 Å². The molecule has 0 amide bonds. The molecule has 20 heavy (non-hydrogen) atoms. The molecule has 0 aliphatic carbocycles. The lowest BCUT2D eigenvalue weighted by Crippen LogP contribution is -2.11. The molecule has 1 heterocycles. The molecule has 3 heteroatoms. The molecule has 0 unspecified atom stereocenters. The van der Waals surface area contributed by atoms with Crippen molar-refractivity contribution in [2.45, 2.75) is 39.7 Å². The Kier molecular flexibility index (Phi) is 4.34. The van der Waals surface area contributed by atoms with Crippen molar-refractivity contribution in [1.82, 2.24) is 4.98 Å². The third-order valence-corrected chi connectivity index (χ3v) is 3.45. The Hall–Kier alpha value is -1.54. The molecule has 0 radical (unpaired) electrons. The van der Waals surface area contributed by atoms with Crippen LogP contribution in [-0.2, 0) is 12.0 Å². The average molecular weight is 290 g/mol. The van der Waals surface area contributed by atoms with Gasteiger partial charge in [0.25, 0.3) is 0 Å². The predicted molar refractivity (Wildman–Crippen MR) is 83.5 cm³/mol. The van der Waals surface area contributed by atoms with E-state index in [-0.39, 0.29) is 5.41 Å². The minimum atomic E-state index is 0.156. The number of halogens is 1. The van der Waals surface area contributed by atoms with Gasteiger partial charge in [-0.3, -0.25) is 0 Å². The maximum absolute atomic E-state index is 5.85. The standard InChI is InChI=1S/C17H20ClNO/c1-12-9-14(17(2,3)4)6-7-15(12)20-11-13-5-8-16(18)19-10-13/h5-10H,11H2,1-4H3. The Morgan fingerprint density at radius 1 is 1.15 bits per heavy atom. The molecule has 2 aromatic rings. The smallest absolute Gasteiger partial charge is 0.129 e. The maximum atomic E-state index is 5.85. The van der Waals surface area contributed by atoms with Crippen LogP contribution in [0.25, 0.3) is 0 Å². The van der Waals surface area contributed by atoms with Gasteiger partial charge >= 0.3 is 0 Å². The first-order chi connectivity index (χ1) is 9.36. The molecule has 106 valence electrons. The normalized spacial score (nSPS) is 11.4. The van der Waals surface area contributed by atoms with Gasteiger partial charge in [0.15, 0.2) is 0 Å². The van der Waals surface area contributed by atoms with Gasteiger partial charge in [-0.15, -0.1) is 0 Å². The molecule has 0 saturated carbocycles. The van der Waals surface area contributed by atoms with Crippen molar-refractivity contribution in [3.63, 3.8) is 0 Å². The monoisotopic (exact) mass is 289 g/mol. The summed E-state index contributed by atoms with van der Waals surface area (Å²) in [6, 6.07) is 10.1. The third kappa shape index (κ3) is 3.73. The molecule has 2 nitrogen and oxygen atoms in total. The number of rotatable bonds is 3. The van der Waals surface area contributed by atoms with Crippen LogP contribution in [0.4, 0.5) is 0 Å². The molecule has 1 aromatic carbocycles. The van der Waals surface area contributed by atoms with Crippen LogP contribution >= 0.6 is 11.6 Å². The number of aromatic nitrogens is 1. The Morgan fingerprint density at radius 3 is 2.45 bits per heavy atom. The number of aryl methyl sites for hydroxylation is 1. The Morgan fingerprint density at radius 2 is 1.90 bits per heavy atom. The van der Waals surface area contributed by atoms with Gasteiger partial charge < -0.3 is 4.74 Å². The van der Waals surface area contributed by atoms with E-state index in [0.29, 0.717) is 11.8 Å². The summed E-state index contributed by atoms with van der Waals surface area (Å²) in [6.45, 7) is 9.20. The molecule has 0 bridgehead atoms. The molecule has 0 aliphatic heterocycles. The van der Waals surface area contributed by atoms with Gasteiger partial charge in [-0.2, -0.15) is 0 Å². The minimum Gasteiger partial charge on any atom is -0.489 e. The van der Waals surface area contributed by atoms with Crippen LogP contribution in [0.1, 0.15) is 37.5 Å². The van der Waals surface area contributed by atoms with Crippen molar-refractivity contribution in [2.24, 2.45) is 0 Å². The van der Waals surface area contributed by atoms with Gasteiger partial charge in [-0.1, -0.05) is 50.6 Å². The molecule has 1 aromatic heterocycles. The van der Waals surface area contributed by atoms with E-state index in [0.717, 1.165) is 16.9 Å². The minimum absolute atomic E-state index is 0.156. The summed E-state index contributed by atoms with van der Waals surface area (Å²) < 4.78 is 5.85. The van der Waals surface area contributed by atoms with Crippen molar-refractivity contribution >= 4 is 11.6 Å². The molecular weight excluding hydrogens is 270 g/mol. The van der Waals surface area contributed by atoms with Crippen molar-refractivity contribution in [3.8, 4) is 5.75 Å². The number of pyridine rings is 1. The van der Waals surface area contributed by atoms with E-state index in [1.165, 1.54) is 5.56 Å². The van der Waals surface area contributed by atoms with Crippen LogP contribution in [0, 0.1) is 6.92 Å². The molecule has 0 atom stereocenters. The predicted octanol–water partition coefficient (Wildman–Crippen LogP) is 4.92. The molecule has 2 rings (SSSR count). The summed E-state index contributed by atoms with van der Waals surface area (Å²) in [5, 5.41) is 0.500. The summed E-state index contributed by atoms with van der Waals surface area (Å²) in [5.74, 6) is 0.910. The highest BCUT2D eigenvalue weighted by molar-refractivity contribution is 6.29. The highest BCUT2D eigenvalue weighted by atomic mass is 35.5. The van der Waals surface area contributed by atoms with E-state index in [4.69, 9.17) is 16.3 Å². The van der Waals surface area contributed by atoms with Crippen LogP contribution in [0.3, 0.4) is 0 Å². The van der Waals surface area contributed by atoms with Crippen molar-refractivity contribution in [1.29, 1.82) is 0 Å². The van der Waals surface area contributed by atoms with Gasteiger partial charge in [0, 0.05) is 11.8 Å². The van der Waals surface area contributed by atoms with Gasteiger partial charge in [0.05, 0.1) is 0 Å². The molecular formula is C17H20ClNO. The number of hydrogen-bond acceptors (Lipinski definition) is 2. The van der Waals surface area contributed by atoms with Crippen LogP contribution in [0.2, 0.25) is 5.15 Å². The van der Waals surface area contributed by atoms with E-state index in [1.54, 1.807) is 12.3 Å². The lowest BCUT2D eigenvalue weighted by Gasteiger charge is -2.20. The van der Waals surface area contributed by atoms with Crippen LogP contribution < -0.4 is 4.74 Å². The highest BCUT2D eigenvalue weighted by Gasteiger charge is 2.14. The van der Waals surface area contributed by atoms with Crippen molar-refractivity contribution in [2.75, 3.05) is 0 Å². The van der Waals surface area contributed by atoms with E-state index in [9.17, 15) is 0 Å². The van der Waals surface area contributed by atoms with Crippen molar-refractivity contribution < 1.29 is 4.74 Å². The van der Waals surface area contributed by atoms with Crippen LogP contribution in [-0.4, -0.2) is 4.98 Å². The van der Waals surface area contributed by atoms with Crippen LogP contribution in [0.5, 0.6) is 5.75 Å². The number of nitrogens with zero attached hydrogens (tertiary/aromatic N) is 1. The van der Waals surface area contributed by atoms with E-state index >= 15 is 0 Å². The average Bonchev–Trinajstić information content (AvgIpc) is 2.38. The van der Waals surface area contributed by atoms with E-state index in [2.05, 4.69) is 44.8 Å². The summed E-state index contributed by atoms with van der Waals surface area (Å²) in [4.78, 5) is 4.05. The Labute approximate surface area is 125 Å². The first-order valence-electron chi connectivity index (χ1n) is 6.70. The Bertz CT molecular complexity index is 585. The molecule has 0 aliphatic rings. The number of benzene rings is 1. The topological polar surface area (TPSA) is 22.1 Å². The third-order valence-electron chi connectivity index (χ3n) is 3.22. The fraction of sp³-hybridized carbons (Fsp3) is 0.353. The van der Waals surface area contributed by atoms with Crippen molar-refractivity contribution in [3.05, 3.63) is 58.4 Å². The molecule has 0 N–H and O–H groups in total. The zero-order chi connectivity index (χ0) is 14.8. The van der Waals surface area contributed by atoms with Crippen LogP contribution in [0.15, 0.2) is 36.5 Å². The summed E-state index contributed by atoms with van der Waals surface area (Å²) in [6.07, 6.45) is 1.74. The van der Waals surface area contributed by atoms with Gasteiger partial charge in [0.2, 0.25) is 0 Å². The first-order valence-corrected chi connectivity index (χ1v) is 7.08. The fourth-order valence-electron chi connectivity index (χ4n) is 1.93. The zero-order valence-electron chi connectivity index (χ0n) is 12.4. The number of hydrogen-bond donors (Lipinski definition) is 0. The van der Waals surface area contributed by atoms with Gasteiger partial charge in [-0.05, 0) is 35.6 Å². The quantitative estimate of drug-likeness (QED) is 0.748. The Balaban J connectivity index is 2.08. The maximum Gasteiger partial charge on any atom is 0.129 e. The molecule has 0 fully saturated rings. The first kappa shape index (κ1) is 14.9. The van der Waals surface area contributed by atoms with Gasteiger partial charge in [0.1, 0.15) is 17.5 Å². The SMILES string of the molecule is Cc1cc(C(C)(C)C)ccc1OCc1ccc(Cl)nc1. The number of ether oxygens (including phenoxy) is 1. The lowest BCUT2D eigenvalue weighted by molar-refractivity contribution is 0.303. The largest absolute Gasteiger partial charge is 0.489 e. The van der Waals surface area contributed by atoms with E-state index < -0.39 is 0 Å². The summed E-state index contributed by atoms with van der Waals surface area (Å²) >= 11 is 5.76. The molecule has 0 saturated heterocycles. The highest BCUT2D eigenvalue weighted by Crippen LogP contribution is 2.27. The second kappa shape index (κ2) is 5.84. The fourth-order valence-corrected chi connectivity index (χ4v) is 2.04. The second-order valence-corrected chi connectivity index (χ2v) is 6.40. The molecule has 0 spiro atoms. The second-order valence-electron chi connectivity index (χ2n) is 6.01. The van der Waals surface area contributed by atoms with Gasteiger partial charge in [-0.25, -0.2) is 4.98 Å². The summed E-state index contributed by atoms with van der Waals surface area (Å²) in [5.41, 5.74) is 3.63. The summed E-state index contributed by atoms with van der Waals surface area (Å²) in [7, 11) is 0.